The first-order chi connectivity index (χ1) is 13.0. The molecule has 27 heavy (non-hydrogen) atoms. The standard InChI is InChI=1S/C22H20FN3O/c1-13-3-7-18(23)11-19(13)16-6-5-15-10-21(24-12-17(15)9-16)25-20-8-4-14(2)22(27)26-20/h3,5-12,14H,4H2,1-2H3,(H,24,25)(H,26,27). The number of benzene rings is 2. The highest BCUT2D eigenvalue weighted by Gasteiger charge is 2.18. The quantitative estimate of drug-likeness (QED) is 0.707. The Bertz CT molecular complexity index is 1070. The molecule has 0 fully saturated rings. The number of amides is 1. The van der Waals surface area contributed by atoms with Gasteiger partial charge in [-0.2, -0.15) is 0 Å². The lowest BCUT2D eigenvalue weighted by Crippen LogP contribution is -2.35. The van der Waals surface area contributed by atoms with E-state index in [2.05, 4.69) is 15.6 Å². The molecule has 0 spiro atoms. The van der Waals surface area contributed by atoms with Crippen LogP contribution >= 0.6 is 0 Å². The molecule has 1 unspecified atom stereocenters. The molecule has 4 rings (SSSR count). The predicted molar refractivity (Wildman–Crippen MR) is 106 cm³/mol. The molecule has 0 radical (unpaired) electrons. The fourth-order valence-electron chi connectivity index (χ4n) is 3.21. The Morgan fingerprint density at radius 1 is 1.15 bits per heavy atom. The van der Waals surface area contributed by atoms with E-state index in [9.17, 15) is 9.18 Å². The fourth-order valence-corrected chi connectivity index (χ4v) is 3.21. The number of fused-ring (bicyclic) bond motifs is 1. The zero-order chi connectivity index (χ0) is 19.0. The number of aromatic nitrogens is 1. The Hall–Kier alpha value is -3.21. The van der Waals surface area contributed by atoms with Gasteiger partial charge in [0, 0.05) is 17.5 Å². The number of hydrogen-bond donors (Lipinski definition) is 2. The predicted octanol–water partition coefficient (Wildman–Crippen LogP) is 4.76. The number of nitrogens with one attached hydrogen (secondary N) is 2. The van der Waals surface area contributed by atoms with Gasteiger partial charge in [-0.1, -0.05) is 25.1 Å². The van der Waals surface area contributed by atoms with Crippen molar-refractivity contribution in [2.45, 2.75) is 20.3 Å². The number of pyridine rings is 1. The van der Waals surface area contributed by atoms with E-state index in [1.54, 1.807) is 18.3 Å². The molecule has 1 aliphatic heterocycles. The highest BCUT2D eigenvalue weighted by Crippen LogP contribution is 2.28. The smallest absolute Gasteiger partial charge is 0.228 e. The molecule has 0 saturated carbocycles. The van der Waals surface area contributed by atoms with Crippen LogP contribution in [0.1, 0.15) is 18.9 Å². The fraction of sp³-hybridized carbons (Fsp3) is 0.182. The van der Waals surface area contributed by atoms with Crippen molar-refractivity contribution in [2.24, 2.45) is 5.92 Å². The number of allylic oxidation sites excluding steroid dienone is 1. The normalized spacial score (nSPS) is 16.8. The molecule has 2 N–H and O–H groups in total. The third-order valence-electron chi connectivity index (χ3n) is 4.88. The van der Waals surface area contributed by atoms with E-state index in [4.69, 9.17) is 0 Å². The lowest BCUT2D eigenvalue weighted by Gasteiger charge is -2.20. The van der Waals surface area contributed by atoms with Crippen molar-refractivity contribution >= 4 is 22.5 Å². The van der Waals surface area contributed by atoms with Gasteiger partial charge in [-0.3, -0.25) is 4.79 Å². The molecule has 5 heteroatoms. The van der Waals surface area contributed by atoms with E-state index in [0.717, 1.165) is 27.5 Å². The molecule has 0 saturated heterocycles. The zero-order valence-electron chi connectivity index (χ0n) is 15.2. The van der Waals surface area contributed by atoms with Crippen LogP contribution in [0.5, 0.6) is 0 Å². The van der Waals surface area contributed by atoms with Crippen LogP contribution in [0.4, 0.5) is 10.2 Å². The van der Waals surface area contributed by atoms with Crippen molar-refractivity contribution in [2.75, 3.05) is 5.32 Å². The van der Waals surface area contributed by atoms with Gasteiger partial charge in [0.05, 0.1) is 0 Å². The molecule has 0 aliphatic carbocycles. The Kier molecular flexibility index (Phi) is 4.36. The molecule has 1 aliphatic rings. The van der Waals surface area contributed by atoms with Crippen LogP contribution in [0, 0.1) is 18.7 Å². The summed E-state index contributed by atoms with van der Waals surface area (Å²) in [5, 5.41) is 7.98. The third kappa shape index (κ3) is 3.53. The second-order valence-electron chi connectivity index (χ2n) is 6.96. The highest BCUT2D eigenvalue weighted by atomic mass is 19.1. The van der Waals surface area contributed by atoms with E-state index in [-0.39, 0.29) is 17.6 Å². The summed E-state index contributed by atoms with van der Waals surface area (Å²) in [5.41, 5.74) is 2.86. The van der Waals surface area contributed by atoms with Crippen molar-refractivity contribution in [3.8, 4) is 11.1 Å². The summed E-state index contributed by atoms with van der Waals surface area (Å²) >= 11 is 0. The van der Waals surface area contributed by atoms with Crippen LogP contribution in [0.15, 0.2) is 60.6 Å². The molecular weight excluding hydrogens is 341 g/mol. The number of nitrogens with zero attached hydrogens (tertiary/aromatic N) is 1. The van der Waals surface area contributed by atoms with Crippen molar-refractivity contribution in [3.63, 3.8) is 0 Å². The second kappa shape index (κ2) is 6.83. The van der Waals surface area contributed by atoms with Crippen molar-refractivity contribution in [1.29, 1.82) is 0 Å². The average Bonchev–Trinajstić information content (AvgIpc) is 2.66. The maximum absolute atomic E-state index is 13.6. The number of hydrogen-bond acceptors (Lipinski definition) is 3. The van der Waals surface area contributed by atoms with Gasteiger partial charge in [0.15, 0.2) is 0 Å². The van der Waals surface area contributed by atoms with Gasteiger partial charge in [-0.05, 0) is 65.8 Å². The molecule has 3 aromatic rings. The van der Waals surface area contributed by atoms with Crippen molar-refractivity contribution in [1.82, 2.24) is 10.3 Å². The number of halogens is 1. The molecular formula is C22H20FN3O. The van der Waals surface area contributed by atoms with Gasteiger partial charge in [0.2, 0.25) is 5.91 Å². The molecule has 2 aromatic carbocycles. The molecule has 4 nitrogen and oxygen atoms in total. The summed E-state index contributed by atoms with van der Waals surface area (Å²) in [5.74, 6) is 1.08. The van der Waals surface area contributed by atoms with Gasteiger partial charge in [0.25, 0.3) is 0 Å². The SMILES string of the molecule is Cc1ccc(F)cc1-c1ccc2cc(NC3=CCC(C)C(=O)N3)ncc2c1. The number of carbonyl (C=O) groups excluding carboxylic acids is 1. The van der Waals surface area contributed by atoms with Gasteiger partial charge < -0.3 is 10.6 Å². The van der Waals surface area contributed by atoms with Crippen LogP contribution in [0.3, 0.4) is 0 Å². The lowest BCUT2D eigenvalue weighted by molar-refractivity contribution is -0.124. The van der Waals surface area contributed by atoms with E-state index >= 15 is 0 Å². The van der Waals surface area contributed by atoms with Gasteiger partial charge in [0.1, 0.15) is 17.5 Å². The minimum atomic E-state index is -0.245. The molecule has 2 heterocycles. The van der Waals surface area contributed by atoms with Gasteiger partial charge in [-0.15, -0.1) is 0 Å². The molecule has 1 atom stereocenters. The minimum absolute atomic E-state index is 0.00943. The second-order valence-corrected chi connectivity index (χ2v) is 6.96. The summed E-state index contributed by atoms with van der Waals surface area (Å²) in [6.45, 7) is 3.87. The number of rotatable bonds is 3. The van der Waals surface area contributed by atoms with Gasteiger partial charge >= 0.3 is 0 Å². The minimum Gasteiger partial charge on any atom is -0.327 e. The number of carbonyl (C=O) groups is 1. The molecule has 0 bridgehead atoms. The van der Waals surface area contributed by atoms with Gasteiger partial charge in [-0.25, -0.2) is 9.37 Å². The summed E-state index contributed by atoms with van der Waals surface area (Å²) < 4.78 is 13.6. The highest BCUT2D eigenvalue weighted by molar-refractivity contribution is 5.89. The maximum Gasteiger partial charge on any atom is 0.228 e. The first-order valence-electron chi connectivity index (χ1n) is 8.94. The topological polar surface area (TPSA) is 54.0 Å². The molecule has 1 amide bonds. The first kappa shape index (κ1) is 17.2. The Morgan fingerprint density at radius 2 is 2.00 bits per heavy atom. The summed E-state index contributed by atoms with van der Waals surface area (Å²) in [4.78, 5) is 16.2. The Balaban J connectivity index is 1.63. The molecule has 1 aromatic heterocycles. The van der Waals surface area contributed by atoms with E-state index in [1.807, 2.05) is 44.2 Å². The first-order valence-corrected chi connectivity index (χ1v) is 8.94. The Labute approximate surface area is 157 Å². The van der Waals surface area contributed by atoms with Crippen LogP contribution in [-0.2, 0) is 4.79 Å². The number of aryl methyl sites for hydroxylation is 1. The monoisotopic (exact) mass is 361 g/mol. The van der Waals surface area contributed by atoms with Crippen LogP contribution in [0.25, 0.3) is 21.9 Å². The van der Waals surface area contributed by atoms with Crippen molar-refractivity contribution in [3.05, 3.63) is 71.9 Å². The van der Waals surface area contributed by atoms with Crippen LogP contribution in [0.2, 0.25) is 0 Å². The van der Waals surface area contributed by atoms with E-state index in [0.29, 0.717) is 18.1 Å². The summed E-state index contributed by atoms with van der Waals surface area (Å²) in [6.07, 6.45) is 4.45. The zero-order valence-corrected chi connectivity index (χ0v) is 15.2. The summed E-state index contributed by atoms with van der Waals surface area (Å²) in [6, 6.07) is 12.7. The molecule has 136 valence electrons. The van der Waals surface area contributed by atoms with Crippen LogP contribution < -0.4 is 10.6 Å². The summed E-state index contributed by atoms with van der Waals surface area (Å²) in [7, 11) is 0. The maximum atomic E-state index is 13.6. The van der Waals surface area contributed by atoms with Crippen LogP contribution in [-0.4, -0.2) is 10.9 Å². The Morgan fingerprint density at radius 3 is 2.81 bits per heavy atom. The third-order valence-corrected chi connectivity index (χ3v) is 4.88. The van der Waals surface area contributed by atoms with E-state index in [1.165, 1.54) is 6.07 Å². The largest absolute Gasteiger partial charge is 0.327 e. The van der Waals surface area contributed by atoms with Crippen molar-refractivity contribution < 1.29 is 9.18 Å². The average molecular weight is 361 g/mol. The lowest BCUT2D eigenvalue weighted by atomic mass is 9.98. The van der Waals surface area contributed by atoms with E-state index < -0.39 is 0 Å². The number of anilines is 1.